The van der Waals surface area contributed by atoms with Gasteiger partial charge in [-0.2, -0.15) is 0 Å². The molecular weight excluding hydrogens is 276 g/mol. The third-order valence-electron chi connectivity index (χ3n) is 3.59. The van der Waals surface area contributed by atoms with Crippen LogP contribution in [0.25, 0.3) is 21.9 Å². The lowest BCUT2D eigenvalue weighted by molar-refractivity contribution is 0.0524. The zero-order valence-corrected chi connectivity index (χ0v) is 12.2. The van der Waals surface area contributed by atoms with Gasteiger partial charge in [-0.05, 0) is 23.9 Å². The van der Waals surface area contributed by atoms with Crippen molar-refractivity contribution in [2.75, 3.05) is 6.61 Å². The molecule has 0 aliphatic carbocycles. The number of rotatable bonds is 3. The summed E-state index contributed by atoms with van der Waals surface area (Å²) < 4.78 is 5.12. The zero-order chi connectivity index (χ0) is 15.5. The van der Waals surface area contributed by atoms with Gasteiger partial charge in [0.05, 0.1) is 6.61 Å². The largest absolute Gasteiger partial charge is 0.506 e. The van der Waals surface area contributed by atoms with E-state index in [1.165, 1.54) is 0 Å². The number of ether oxygens (including phenoxy) is 1. The van der Waals surface area contributed by atoms with E-state index in [4.69, 9.17) is 4.74 Å². The number of phenols is 1. The van der Waals surface area contributed by atoms with Crippen LogP contribution in [-0.2, 0) is 4.74 Å². The Morgan fingerprint density at radius 2 is 1.73 bits per heavy atom. The van der Waals surface area contributed by atoms with E-state index >= 15 is 0 Å². The fraction of sp³-hybridized carbons (Fsp3) is 0.105. The Balaban J connectivity index is 2.33. The maximum absolute atomic E-state index is 12.3. The number of hydrogen-bond acceptors (Lipinski definition) is 3. The third kappa shape index (κ3) is 2.42. The van der Waals surface area contributed by atoms with Crippen LogP contribution < -0.4 is 0 Å². The molecular formula is C19H16O3. The second-order valence-corrected chi connectivity index (χ2v) is 4.96. The number of benzene rings is 3. The van der Waals surface area contributed by atoms with Crippen LogP contribution in [-0.4, -0.2) is 17.7 Å². The monoisotopic (exact) mass is 292 g/mol. The lowest BCUT2D eigenvalue weighted by atomic mass is 9.94. The molecule has 0 amide bonds. The van der Waals surface area contributed by atoms with E-state index in [0.717, 1.165) is 10.9 Å². The minimum atomic E-state index is -0.510. The highest BCUT2D eigenvalue weighted by atomic mass is 16.5. The highest BCUT2D eigenvalue weighted by molar-refractivity contribution is 6.07. The summed E-state index contributed by atoms with van der Waals surface area (Å²) in [5, 5.41) is 12.1. The van der Waals surface area contributed by atoms with Crippen molar-refractivity contribution < 1.29 is 14.6 Å². The Bertz CT molecular complexity index is 823. The molecule has 0 saturated carbocycles. The molecule has 3 heteroatoms. The van der Waals surface area contributed by atoms with Crippen molar-refractivity contribution in [3.8, 4) is 16.9 Å². The van der Waals surface area contributed by atoms with Gasteiger partial charge < -0.3 is 9.84 Å². The first-order valence-electron chi connectivity index (χ1n) is 7.19. The van der Waals surface area contributed by atoms with Crippen LogP contribution in [0, 0.1) is 0 Å². The molecule has 0 unspecified atom stereocenters. The van der Waals surface area contributed by atoms with Gasteiger partial charge in [-0.15, -0.1) is 0 Å². The van der Waals surface area contributed by atoms with Crippen LogP contribution in [0.1, 0.15) is 17.3 Å². The topological polar surface area (TPSA) is 46.5 Å². The summed E-state index contributed by atoms with van der Waals surface area (Å²) in [5.74, 6) is -0.542. The molecule has 1 N–H and O–H groups in total. The fourth-order valence-corrected chi connectivity index (χ4v) is 2.58. The van der Waals surface area contributed by atoms with Gasteiger partial charge in [-0.3, -0.25) is 0 Å². The highest BCUT2D eigenvalue weighted by Crippen LogP contribution is 2.37. The molecule has 0 saturated heterocycles. The Morgan fingerprint density at radius 3 is 2.45 bits per heavy atom. The Labute approximate surface area is 128 Å². The molecule has 0 aliphatic rings. The first-order chi connectivity index (χ1) is 10.7. The lowest BCUT2D eigenvalue weighted by Gasteiger charge is -2.13. The minimum absolute atomic E-state index is 0.0320. The summed E-state index contributed by atoms with van der Waals surface area (Å²) in [5.41, 5.74) is 1.76. The zero-order valence-electron chi connectivity index (χ0n) is 12.2. The molecule has 3 rings (SSSR count). The van der Waals surface area contributed by atoms with Gasteiger partial charge in [-0.25, -0.2) is 4.79 Å². The highest BCUT2D eigenvalue weighted by Gasteiger charge is 2.21. The smallest absolute Gasteiger partial charge is 0.342 e. The van der Waals surface area contributed by atoms with E-state index in [9.17, 15) is 9.90 Å². The molecule has 3 aromatic carbocycles. The van der Waals surface area contributed by atoms with E-state index in [1.54, 1.807) is 13.0 Å². The summed E-state index contributed by atoms with van der Waals surface area (Å²) in [7, 11) is 0. The summed E-state index contributed by atoms with van der Waals surface area (Å²) in [6, 6.07) is 18.9. The Kier molecular flexibility index (Phi) is 3.79. The molecule has 0 bridgehead atoms. The van der Waals surface area contributed by atoms with E-state index < -0.39 is 5.97 Å². The first-order valence-corrected chi connectivity index (χ1v) is 7.19. The molecule has 0 heterocycles. The number of esters is 1. The Hall–Kier alpha value is -2.81. The number of hydrogen-bond donors (Lipinski definition) is 1. The van der Waals surface area contributed by atoms with Crippen molar-refractivity contribution in [1.82, 2.24) is 0 Å². The van der Waals surface area contributed by atoms with Crippen molar-refractivity contribution in [3.05, 3.63) is 66.2 Å². The van der Waals surface area contributed by atoms with E-state index in [1.807, 2.05) is 54.6 Å². The van der Waals surface area contributed by atoms with Crippen LogP contribution in [0.15, 0.2) is 60.7 Å². The minimum Gasteiger partial charge on any atom is -0.506 e. The maximum Gasteiger partial charge on any atom is 0.342 e. The van der Waals surface area contributed by atoms with Crippen molar-refractivity contribution in [3.63, 3.8) is 0 Å². The SMILES string of the molecule is CCOC(=O)c1c(-c2ccccc2)cc2ccccc2c1O. The Morgan fingerprint density at radius 1 is 1.05 bits per heavy atom. The first kappa shape index (κ1) is 14.1. The van der Waals surface area contributed by atoms with Crippen LogP contribution in [0.4, 0.5) is 0 Å². The summed E-state index contributed by atoms with van der Waals surface area (Å²) in [6.07, 6.45) is 0. The van der Waals surface area contributed by atoms with E-state index in [-0.39, 0.29) is 17.9 Å². The van der Waals surface area contributed by atoms with Crippen molar-refractivity contribution in [2.24, 2.45) is 0 Å². The molecule has 0 atom stereocenters. The lowest BCUT2D eigenvalue weighted by Crippen LogP contribution is -2.07. The third-order valence-corrected chi connectivity index (χ3v) is 3.59. The normalized spacial score (nSPS) is 10.6. The average molecular weight is 292 g/mol. The van der Waals surface area contributed by atoms with E-state index in [0.29, 0.717) is 10.9 Å². The van der Waals surface area contributed by atoms with Gasteiger partial charge in [0, 0.05) is 10.9 Å². The van der Waals surface area contributed by atoms with Gasteiger partial charge in [-0.1, -0.05) is 54.6 Å². The predicted octanol–water partition coefficient (Wildman–Crippen LogP) is 4.39. The van der Waals surface area contributed by atoms with Crippen LogP contribution >= 0.6 is 0 Å². The van der Waals surface area contributed by atoms with Gasteiger partial charge in [0.15, 0.2) is 0 Å². The van der Waals surface area contributed by atoms with Gasteiger partial charge in [0.1, 0.15) is 11.3 Å². The number of carbonyl (C=O) groups excluding carboxylic acids is 1. The van der Waals surface area contributed by atoms with Crippen LogP contribution in [0.5, 0.6) is 5.75 Å². The van der Waals surface area contributed by atoms with Gasteiger partial charge in [0.25, 0.3) is 0 Å². The summed E-state index contributed by atoms with van der Waals surface area (Å²) in [4.78, 5) is 12.3. The number of carbonyl (C=O) groups is 1. The summed E-state index contributed by atoms with van der Waals surface area (Å²) in [6.45, 7) is 2.01. The molecule has 0 fully saturated rings. The average Bonchev–Trinajstić information content (AvgIpc) is 2.55. The molecule has 0 aliphatic heterocycles. The molecule has 0 aromatic heterocycles. The standard InChI is InChI=1S/C19H16O3/c1-2-22-19(21)17-16(13-8-4-3-5-9-13)12-14-10-6-7-11-15(14)18(17)20/h3-12,20H,2H2,1H3. The quantitative estimate of drug-likeness (QED) is 0.728. The van der Waals surface area contributed by atoms with Gasteiger partial charge >= 0.3 is 5.97 Å². The summed E-state index contributed by atoms with van der Waals surface area (Å²) >= 11 is 0. The van der Waals surface area contributed by atoms with Gasteiger partial charge in [0.2, 0.25) is 0 Å². The number of phenolic OH excluding ortho intramolecular Hbond substituents is 1. The fourth-order valence-electron chi connectivity index (χ4n) is 2.58. The predicted molar refractivity (Wildman–Crippen MR) is 87.0 cm³/mol. The van der Waals surface area contributed by atoms with E-state index in [2.05, 4.69) is 0 Å². The van der Waals surface area contributed by atoms with Crippen molar-refractivity contribution in [1.29, 1.82) is 0 Å². The second kappa shape index (κ2) is 5.90. The molecule has 0 radical (unpaired) electrons. The molecule has 22 heavy (non-hydrogen) atoms. The van der Waals surface area contributed by atoms with Crippen molar-refractivity contribution in [2.45, 2.75) is 6.92 Å². The second-order valence-electron chi connectivity index (χ2n) is 4.96. The van der Waals surface area contributed by atoms with Crippen LogP contribution in [0.2, 0.25) is 0 Å². The van der Waals surface area contributed by atoms with Crippen molar-refractivity contribution >= 4 is 16.7 Å². The molecule has 110 valence electrons. The molecule has 3 nitrogen and oxygen atoms in total. The number of fused-ring (bicyclic) bond motifs is 1. The maximum atomic E-state index is 12.3. The molecule has 0 spiro atoms. The molecule has 3 aromatic rings. The number of aromatic hydroxyl groups is 1. The van der Waals surface area contributed by atoms with Crippen LogP contribution in [0.3, 0.4) is 0 Å².